The summed E-state index contributed by atoms with van der Waals surface area (Å²) in [5.41, 5.74) is 4.97. The summed E-state index contributed by atoms with van der Waals surface area (Å²) in [5.74, 6) is 0.894. The molecule has 0 radical (unpaired) electrons. The molecule has 1 aliphatic rings. The van der Waals surface area contributed by atoms with Gasteiger partial charge in [-0.05, 0) is 96.8 Å². The molecule has 0 aliphatic carbocycles. The van der Waals surface area contributed by atoms with Crippen molar-refractivity contribution >= 4 is 28.4 Å². The molecule has 0 amide bonds. The van der Waals surface area contributed by atoms with Crippen molar-refractivity contribution in [2.24, 2.45) is 5.14 Å². The molecule has 1 saturated heterocycles. The topological polar surface area (TPSA) is 71.3 Å². The Labute approximate surface area is 241 Å². The Bertz CT molecular complexity index is 1570. The van der Waals surface area contributed by atoms with Crippen LogP contribution in [0.25, 0.3) is 38.7 Å². The molecule has 2 aromatic heterocycles. The summed E-state index contributed by atoms with van der Waals surface area (Å²) in [7, 11) is 0. The van der Waals surface area contributed by atoms with Crippen molar-refractivity contribution in [1.29, 1.82) is 0 Å². The van der Waals surface area contributed by atoms with Gasteiger partial charge >= 0.3 is 5.65 Å². The Kier molecular flexibility index (Phi) is 8.74. The van der Waals surface area contributed by atoms with Gasteiger partial charge < -0.3 is 4.74 Å². The van der Waals surface area contributed by atoms with E-state index in [9.17, 15) is 0 Å². The molecule has 208 valence electrons. The molecular weight excluding hydrogens is 514 g/mol. The van der Waals surface area contributed by atoms with Gasteiger partial charge in [-0.1, -0.05) is 62.7 Å². The quantitative estimate of drug-likeness (QED) is 0.164. The molecule has 0 atom stereocenters. The molecule has 0 saturated carbocycles. The molecule has 0 spiro atoms. The van der Waals surface area contributed by atoms with Gasteiger partial charge in [-0.15, -0.1) is 4.52 Å². The summed E-state index contributed by atoms with van der Waals surface area (Å²) in [6, 6.07) is 20.9. The highest BCUT2D eigenvalue weighted by atomic mass is 32.2. The van der Waals surface area contributed by atoms with Gasteiger partial charge in [0.1, 0.15) is 17.5 Å². The van der Waals surface area contributed by atoms with Crippen molar-refractivity contribution in [3.63, 3.8) is 0 Å². The molecular formula is C33H40N5OS+. The summed E-state index contributed by atoms with van der Waals surface area (Å²) in [4.78, 5) is 8.44. The van der Waals surface area contributed by atoms with Crippen molar-refractivity contribution in [3.05, 3.63) is 79.3 Å². The summed E-state index contributed by atoms with van der Waals surface area (Å²) in [6.07, 6.45) is 9.98. The molecule has 40 heavy (non-hydrogen) atoms. The summed E-state index contributed by atoms with van der Waals surface area (Å²) < 4.78 is 8.37. The van der Waals surface area contributed by atoms with Crippen LogP contribution in [0.5, 0.6) is 5.75 Å². The predicted octanol–water partition coefficient (Wildman–Crippen LogP) is 7.27. The number of piperidine rings is 1. The first kappa shape index (κ1) is 28.1. The third-order valence-corrected chi connectivity index (χ3v) is 7.96. The number of hydrogen-bond acceptors (Lipinski definition) is 5. The zero-order chi connectivity index (χ0) is 28.1. The number of ether oxygens (including phenoxy) is 1. The SMILES string of the molecule is CC.CC(C)(CN1CCCCC1)Oc1ccc(-c2cnc3c(-c4ccc(SN)c5ccccc45)c[nH][n+]3c2)cc1. The molecule has 3 N–H and O–H groups in total. The predicted molar refractivity (Wildman–Crippen MR) is 167 cm³/mol. The summed E-state index contributed by atoms with van der Waals surface area (Å²) >= 11 is 1.28. The van der Waals surface area contributed by atoms with E-state index in [0.29, 0.717) is 0 Å². The normalized spacial score (nSPS) is 14.2. The lowest BCUT2D eigenvalue weighted by atomic mass is 10.00. The van der Waals surface area contributed by atoms with Gasteiger partial charge in [-0.2, -0.15) is 0 Å². The van der Waals surface area contributed by atoms with E-state index in [1.54, 1.807) is 0 Å². The largest absolute Gasteiger partial charge is 0.487 e. The van der Waals surface area contributed by atoms with Crippen LogP contribution in [0.4, 0.5) is 0 Å². The average molecular weight is 555 g/mol. The highest BCUT2D eigenvalue weighted by Gasteiger charge is 2.25. The van der Waals surface area contributed by atoms with E-state index in [1.807, 2.05) is 36.8 Å². The van der Waals surface area contributed by atoms with E-state index in [4.69, 9.17) is 14.9 Å². The summed E-state index contributed by atoms with van der Waals surface area (Å²) in [5, 5.41) is 11.6. The summed E-state index contributed by atoms with van der Waals surface area (Å²) in [6.45, 7) is 11.7. The minimum atomic E-state index is -0.235. The number of rotatable bonds is 7. The Hall–Kier alpha value is -3.39. The molecule has 0 bridgehead atoms. The van der Waals surface area contributed by atoms with Crippen LogP contribution in [0.3, 0.4) is 0 Å². The molecule has 0 unspecified atom stereocenters. The third-order valence-electron chi connectivity index (χ3n) is 7.35. The number of nitrogens with two attached hydrogens (primary N) is 1. The first-order valence-electron chi connectivity index (χ1n) is 14.3. The Morgan fingerprint density at radius 2 is 1.65 bits per heavy atom. The maximum absolute atomic E-state index is 6.39. The Morgan fingerprint density at radius 3 is 2.38 bits per heavy atom. The third kappa shape index (κ3) is 6.02. The van der Waals surface area contributed by atoms with E-state index >= 15 is 0 Å². The second-order valence-electron chi connectivity index (χ2n) is 10.7. The second kappa shape index (κ2) is 12.4. The molecule has 6 rings (SSSR count). The lowest BCUT2D eigenvalue weighted by Gasteiger charge is -2.35. The second-order valence-corrected chi connectivity index (χ2v) is 11.4. The highest BCUT2D eigenvalue weighted by molar-refractivity contribution is 7.97. The van der Waals surface area contributed by atoms with E-state index < -0.39 is 0 Å². The molecule has 1 fully saturated rings. The minimum absolute atomic E-state index is 0.235. The van der Waals surface area contributed by atoms with Gasteiger partial charge in [0.25, 0.3) is 0 Å². The number of likely N-dealkylation sites (tertiary alicyclic amines) is 1. The Balaban J connectivity index is 0.00000158. The van der Waals surface area contributed by atoms with E-state index in [0.717, 1.165) is 55.9 Å². The smallest absolute Gasteiger partial charge is 0.355 e. The number of benzene rings is 3. The van der Waals surface area contributed by atoms with Crippen molar-refractivity contribution in [3.8, 4) is 28.0 Å². The molecule has 6 nitrogen and oxygen atoms in total. The molecule has 1 aliphatic heterocycles. The number of aromatic nitrogens is 3. The lowest BCUT2D eigenvalue weighted by molar-refractivity contribution is -0.578. The van der Waals surface area contributed by atoms with Crippen LogP contribution in [0, 0.1) is 0 Å². The van der Waals surface area contributed by atoms with Crippen LogP contribution >= 0.6 is 11.9 Å². The van der Waals surface area contributed by atoms with Crippen molar-refractivity contribution in [2.75, 3.05) is 19.6 Å². The number of fused-ring (bicyclic) bond motifs is 2. The highest BCUT2D eigenvalue weighted by Crippen LogP contribution is 2.34. The minimum Gasteiger partial charge on any atom is -0.487 e. The fourth-order valence-electron chi connectivity index (χ4n) is 5.60. The van der Waals surface area contributed by atoms with Crippen molar-refractivity contribution < 1.29 is 9.25 Å². The molecule has 3 heterocycles. The van der Waals surface area contributed by atoms with Crippen molar-refractivity contribution in [1.82, 2.24) is 15.0 Å². The van der Waals surface area contributed by atoms with E-state index in [2.05, 4.69) is 84.6 Å². The van der Waals surface area contributed by atoms with Gasteiger partial charge in [0.15, 0.2) is 6.20 Å². The van der Waals surface area contributed by atoms with Crippen LogP contribution in [0.2, 0.25) is 0 Å². The lowest BCUT2D eigenvalue weighted by Crippen LogP contribution is -2.44. The molecule has 5 aromatic rings. The number of H-pyrrole nitrogens is 1. The van der Waals surface area contributed by atoms with Crippen LogP contribution in [-0.4, -0.2) is 40.2 Å². The molecule has 7 heteroatoms. The van der Waals surface area contributed by atoms with Crippen molar-refractivity contribution in [2.45, 2.75) is 57.5 Å². The van der Waals surface area contributed by atoms with Gasteiger partial charge in [0.05, 0.1) is 17.3 Å². The zero-order valence-electron chi connectivity index (χ0n) is 24.0. The number of hydrogen-bond donors (Lipinski definition) is 2. The maximum atomic E-state index is 6.39. The fourth-order valence-corrected chi connectivity index (χ4v) is 6.05. The van der Waals surface area contributed by atoms with Crippen LogP contribution in [-0.2, 0) is 0 Å². The standard InChI is InChI=1S/C31H33N5OS.C2H6/c1-31(2,21-35-16-6-3-7-17-35)37-24-12-10-22(11-13-24)23-18-33-30-28(19-34-36(30)20-23)26-14-15-29(38-32)27-9-5-4-8-25(26)27;1-2/h4-5,8-15,18-20H,3,6-7,16-17,21,32H2,1-2H3;1-2H3/p+1. The van der Waals surface area contributed by atoms with Crippen LogP contribution in [0.15, 0.2) is 84.1 Å². The van der Waals surface area contributed by atoms with E-state index in [1.165, 1.54) is 44.3 Å². The maximum Gasteiger partial charge on any atom is 0.355 e. The first-order chi connectivity index (χ1) is 19.5. The monoisotopic (exact) mass is 554 g/mol. The van der Waals surface area contributed by atoms with Crippen LogP contribution < -0.4 is 14.4 Å². The van der Waals surface area contributed by atoms with Gasteiger partial charge in [0, 0.05) is 11.4 Å². The zero-order valence-corrected chi connectivity index (χ0v) is 24.8. The van der Waals surface area contributed by atoms with Gasteiger partial charge in [-0.25, -0.2) is 5.10 Å². The fraction of sp³-hybridized carbons (Fsp3) is 0.333. The molecule has 3 aromatic carbocycles. The van der Waals surface area contributed by atoms with E-state index in [-0.39, 0.29) is 5.60 Å². The Morgan fingerprint density at radius 1 is 0.925 bits per heavy atom. The number of nitrogens with zero attached hydrogens (tertiary/aromatic N) is 3. The average Bonchev–Trinajstić information content (AvgIpc) is 3.41. The van der Waals surface area contributed by atoms with Crippen LogP contribution in [0.1, 0.15) is 47.0 Å². The van der Waals surface area contributed by atoms with Gasteiger partial charge in [0.2, 0.25) is 0 Å². The van der Waals surface area contributed by atoms with Gasteiger partial charge in [-0.3, -0.25) is 10.0 Å². The first-order valence-corrected chi connectivity index (χ1v) is 15.2. The number of nitrogens with one attached hydrogen (secondary N) is 1. The number of aromatic amines is 1.